The van der Waals surface area contributed by atoms with Crippen LogP contribution in [0.1, 0.15) is 26.2 Å². The van der Waals surface area contributed by atoms with Crippen LogP contribution in [-0.4, -0.2) is 27.0 Å². The summed E-state index contributed by atoms with van der Waals surface area (Å²) in [6.07, 6.45) is 5.26. The molecule has 17 heavy (non-hydrogen) atoms. The third-order valence-electron chi connectivity index (χ3n) is 2.90. The lowest BCUT2D eigenvalue weighted by Crippen LogP contribution is -2.26. The maximum atomic E-state index is 5.95. The molecule has 0 spiro atoms. The molecule has 1 aromatic rings. The number of halogens is 2. The number of aromatic nitrogens is 2. The highest BCUT2D eigenvalue weighted by Gasteiger charge is 2.27. The molecule has 1 aliphatic rings. The Morgan fingerprint density at radius 2 is 2.35 bits per heavy atom. The summed E-state index contributed by atoms with van der Waals surface area (Å²) in [5.41, 5.74) is 0. The van der Waals surface area contributed by atoms with Gasteiger partial charge in [-0.05, 0) is 34.5 Å². The van der Waals surface area contributed by atoms with E-state index in [1.807, 2.05) is 11.8 Å². The fraction of sp³-hybridized carbons (Fsp3) is 0.636. The number of nitrogens with one attached hydrogen (secondary N) is 1. The minimum atomic E-state index is 0.459. The fourth-order valence-electron chi connectivity index (χ4n) is 2.13. The van der Waals surface area contributed by atoms with E-state index in [4.69, 9.17) is 11.6 Å². The Morgan fingerprint density at radius 3 is 3.12 bits per heavy atom. The molecule has 1 aromatic heterocycles. The summed E-state index contributed by atoms with van der Waals surface area (Å²) in [6, 6.07) is 0.488. The van der Waals surface area contributed by atoms with Crippen molar-refractivity contribution in [2.24, 2.45) is 0 Å². The molecular formula is C11H15BrClN3S. The van der Waals surface area contributed by atoms with Crippen LogP contribution < -0.4 is 5.32 Å². The lowest BCUT2D eigenvalue weighted by Gasteiger charge is -2.21. The Morgan fingerprint density at radius 1 is 1.53 bits per heavy atom. The predicted octanol–water partition coefficient (Wildman–Crippen LogP) is 3.98. The van der Waals surface area contributed by atoms with Gasteiger partial charge in [0, 0.05) is 11.3 Å². The van der Waals surface area contributed by atoms with Gasteiger partial charge in [-0.3, -0.25) is 0 Å². The number of hydrogen-bond donors (Lipinski definition) is 1. The van der Waals surface area contributed by atoms with Crippen LogP contribution in [0.2, 0.25) is 5.15 Å². The number of rotatable bonds is 4. The van der Waals surface area contributed by atoms with E-state index in [1.165, 1.54) is 25.6 Å². The van der Waals surface area contributed by atoms with Gasteiger partial charge in [0.25, 0.3) is 0 Å². The van der Waals surface area contributed by atoms with E-state index < -0.39 is 0 Å². The van der Waals surface area contributed by atoms with Crippen molar-refractivity contribution in [1.82, 2.24) is 9.97 Å². The largest absolute Gasteiger partial charge is 0.365 e. The molecule has 0 aromatic carbocycles. The van der Waals surface area contributed by atoms with E-state index in [2.05, 4.69) is 38.1 Å². The maximum absolute atomic E-state index is 5.95. The van der Waals surface area contributed by atoms with E-state index in [1.54, 1.807) is 0 Å². The topological polar surface area (TPSA) is 37.8 Å². The van der Waals surface area contributed by atoms with E-state index in [9.17, 15) is 0 Å². The van der Waals surface area contributed by atoms with Gasteiger partial charge in [-0.1, -0.05) is 24.9 Å². The number of thioether (sulfide) groups is 1. The van der Waals surface area contributed by atoms with Crippen LogP contribution >= 0.6 is 39.3 Å². The standard InChI is InChI=1S/C11H15BrClN3S/c1-2-17-8-5-3-4-7(8)16-11-9(12)10(13)14-6-15-11/h6-8H,2-5H2,1H3,(H,14,15,16). The molecule has 2 atom stereocenters. The Kier molecular flexibility index (Phi) is 4.94. The molecule has 1 N–H and O–H groups in total. The quantitative estimate of drug-likeness (QED) is 0.844. The zero-order chi connectivity index (χ0) is 12.3. The first-order chi connectivity index (χ1) is 8.22. The first kappa shape index (κ1) is 13.4. The van der Waals surface area contributed by atoms with Crippen molar-refractivity contribution in [2.45, 2.75) is 37.5 Å². The van der Waals surface area contributed by atoms with Crippen molar-refractivity contribution < 1.29 is 0 Å². The third kappa shape index (κ3) is 3.26. The minimum Gasteiger partial charge on any atom is -0.365 e. The first-order valence-corrected chi connectivity index (χ1v) is 7.98. The molecule has 0 radical (unpaired) electrons. The number of hydrogen-bond acceptors (Lipinski definition) is 4. The smallest absolute Gasteiger partial charge is 0.148 e. The van der Waals surface area contributed by atoms with Crippen molar-refractivity contribution in [3.63, 3.8) is 0 Å². The molecule has 2 rings (SSSR count). The van der Waals surface area contributed by atoms with E-state index >= 15 is 0 Å². The van der Waals surface area contributed by atoms with Gasteiger partial charge < -0.3 is 5.32 Å². The van der Waals surface area contributed by atoms with E-state index in [0.29, 0.717) is 16.4 Å². The molecule has 1 heterocycles. The molecule has 2 unspecified atom stereocenters. The second-order valence-electron chi connectivity index (χ2n) is 4.00. The molecule has 0 amide bonds. The fourth-order valence-corrected chi connectivity index (χ4v) is 3.78. The summed E-state index contributed by atoms with van der Waals surface area (Å²) in [5.74, 6) is 1.97. The lowest BCUT2D eigenvalue weighted by molar-refractivity contribution is 0.760. The average molecular weight is 337 g/mol. The second-order valence-corrected chi connectivity index (χ2v) is 6.67. The number of anilines is 1. The molecule has 1 saturated carbocycles. The Hall–Kier alpha value is -0.0000000000000000555. The molecule has 0 bridgehead atoms. The van der Waals surface area contributed by atoms with Gasteiger partial charge in [-0.15, -0.1) is 0 Å². The molecule has 3 nitrogen and oxygen atoms in total. The molecule has 1 aliphatic carbocycles. The van der Waals surface area contributed by atoms with Gasteiger partial charge in [0.2, 0.25) is 0 Å². The van der Waals surface area contributed by atoms with Crippen LogP contribution in [0.3, 0.4) is 0 Å². The summed E-state index contributed by atoms with van der Waals surface area (Å²) in [5, 5.41) is 4.62. The van der Waals surface area contributed by atoms with E-state index in [-0.39, 0.29) is 0 Å². The van der Waals surface area contributed by atoms with Crippen LogP contribution in [0.15, 0.2) is 10.8 Å². The SMILES string of the molecule is CCSC1CCCC1Nc1ncnc(Cl)c1Br. The highest BCUT2D eigenvalue weighted by Crippen LogP contribution is 2.34. The van der Waals surface area contributed by atoms with Gasteiger partial charge in [-0.2, -0.15) is 11.8 Å². The molecule has 94 valence electrons. The van der Waals surface area contributed by atoms with Crippen molar-refractivity contribution >= 4 is 45.1 Å². The molecular weight excluding hydrogens is 322 g/mol. The van der Waals surface area contributed by atoms with Crippen LogP contribution in [-0.2, 0) is 0 Å². The van der Waals surface area contributed by atoms with Crippen LogP contribution in [0.5, 0.6) is 0 Å². The zero-order valence-corrected chi connectivity index (χ0v) is 12.8. The van der Waals surface area contributed by atoms with Gasteiger partial charge in [-0.25, -0.2) is 9.97 Å². The van der Waals surface area contributed by atoms with Crippen LogP contribution in [0.25, 0.3) is 0 Å². The monoisotopic (exact) mass is 335 g/mol. The average Bonchev–Trinajstić information content (AvgIpc) is 2.73. The summed E-state index contributed by atoms with van der Waals surface area (Å²) < 4.78 is 0.758. The van der Waals surface area contributed by atoms with Crippen molar-refractivity contribution in [1.29, 1.82) is 0 Å². The third-order valence-corrected chi connectivity index (χ3v) is 5.49. The van der Waals surface area contributed by atoms with Gasteiger partial charge in [0.05, 0.1) is 4.47 Å². The Bertz CT molecular complexity index is 391. The minimum absolute atomic E-state index is 0.459. The van der Waals surface area contributed by atoms with Gasteiger partial charge in [0.1, 0.15) is 17.3 Å². The Balaban J connectivity index is 2.07. The van der Waals surface area contributed by atoms with Gasteiger partial charge >= 0.3 is 0 Å². The highest BCUT2D eigenvalue weighted by molar-refractivity contribution is 9.10. The lowest BCUT2D eigenvalue weighted by atomic mass is 10.2. The second kappa shape index (κ2) is 6.25. The van der Waals surface area contributed by atoms with E-state index in [0.717, 1.165) is 16.0 Å². The van der Waals surface area contributed by atoms with Crippen molar-refractivity contribution in [3.05, 3.63) is 16.0 Å². The normalized spacial score (nSPS) is 23.9. The maximum Gasteiger partial charge on any atom is 0.148 e. The molecule has 6 heteroatoms. The molecule has 0 aliphatic heterocycles. The number of nitrogens with zero attached hydrogens (tertiary/aromatic N) is 2. The molecule has 1 fully saturated rings. The van der Waals surface area contributed by atoms with Crippen molar-refractivity contribution in [2.75, 3.05) is 11.1 Å². The highest BCUT2D eigenvalue weighted by atomic mass is 79.9. The summed E-state index contributed by atoms with van der Waals surface area (Å²) in [6.45, 7) is 2.21. The van der Waals surface area contributed by atoms with Gasteiger partial charge in [0.15, 0.2) is 0 Å². The van der Waals surface area contributed by atoms with Crippen molar-refractivity contribution in [3.8, 4) is 0 Å². The molecule has 0 saturated heterocycles. The van der Waals surface area contributed by atoms with Crippen LogP contribution in [0.4, 0.5) is 5.82 Å². The first-order valence-electron chi connectivity index (χ1n) is 5.76. The Labute approximate surface area is 119 Å². The zero-order valence-electron chi connectivity index (χ0n) is 9.62. The summed E-state index contributed by atoms with van der Waals surface area (Å²) in [4.78, 5) is 8.17. The summed E-state index contributed by atoms with van der Waals surface area (Å²) in [7, 11) is 0. The van der Waals surface area contributed by atoms with Crippen LogP contribution in [0, 0.1) is 0 Å². The predicted molar refractivity (Wildman–Crippen MR) is 77.9 cm³/mol. The summed E-state index contributed by atoms with van der Waals surface area (Å²) >= 11 is 11.4.